The van der Waals surface area contributed by atoms with E-state index in [1.165, 1.54) is 55.6 Å². The monoisotopic (exact) mass is 282 g/mol. The summed E-state index contributed by atoms with van der Waals surface area (Å²) in [5.41, 5.74) is 1.29. The first-order valence-electron chi connectivity index (χ1n) is 7.21. The minimum atomic E-state index is 0.537. The second-order valence-corrected chi connectivity index (χ2v) is 7.62. The van der Waals surface area contributed by atoms with Crippen LogP contribution in [-0.4, -0.2) is 16.8 Å². The molecule has 2 aliphatic rings. The van der Waals surface area contributed by atoms with Crippen molar-refractivity contribution >= 4 is 23.1 Å². The summed E-state index contributed by atoms with van der Waals surface area (Å²) in [7, 11) is 0. The van der Waals surface area contributed by atoms with Crippen LogP contribution in [0.3, 0.4) is 0 Å². The van der Waals surface area contributed by atoms with Crippen LogP contribution in [0.4, 0.5) is 0 Å². The van der Waals surface area contributed by atoms with E-state index in [4.69, 9.17) is 4.98 Å². The minimum absolute atomic E-state index is 0.537. The van der Waals surface area contributed by atoms with Gasteiger partial charge in [-0.1, -0.05) is 19.3 Å². The first-order chi connectivity index (χ1) is 8.92. The molecule has 0 amide bonds. The van der Waals surface area contributed by atoms with Gasteiger partial charge in [-0.15, -0.1) is 11.3 Å². The summed E-state index contributed by atoms with van der Waals surface area (Å²) >= 11 is 3.99. The van der Waals surface area contributed by atoms with E-state index < -0.39 is 0 Å². The number of hydrogen-bond acceptors (Lipinski definition) is 4. The molecule has 1 N–H and O–H groups in total. The van der Waals surface area contributed by atoms with Crippen molar-refractivity contribution < 1.29 is 0 Å². The van der Waals surface area contributed by atoms with Crippen LogP contribution in [0.1, 0.15) is 61.7 Å². The van der Waals surface area contributed by atoms with Gasteiger partial charge in [0.1, 0.15) is 5.01 Å². The van der Waals surface area contributed by atoms with E-state index in [-0.39, 0.29) is 0 Å². The molecule has 100 valence electrons. The summed E-state index contributed by atoms with van der Waals surface area (Å²) in [6.45, 7) is 1.16. The second-order valence-electron chi connectivity index (χ2n) is 5.39. The third-order valence-electron chi connectivity index (χ3n) is 3.98. The lowest BCUT2D eigenvalue weighted by atomic mass is 10.0. The number of thioether (sulfide) groups is 1. The average Bonchev–Trinajstić information content (AvgIpc) is 3.08. The van der Waals surface area contributed by atoms with Crippen LogP contribution in [0.5, 0.6) is 0 Å². The van der Waals surface area contributed by atoms with Gasteiger partial charge in [0.05, 0.1) is 11.7 Å². The molecule has 1 saturated carbocycles. The maximum atomic E-state index is 4.81. The maximum absolute atomic E-state index is 4.81. The van der Waals surface area contributed by atoms with Gasteiger partial charge in [-0.2, -0.15) is 11.8 Å². The number of aromatic nitrogens is 1. The molecule has 18 heavy (non-hydrogen) atoms. The maximum Gasteiger partial charge on any atom is 0.103 e. The molecule has 0 spiro atoms. The molecule has 0 radical (unpaired) electrons. The summed E-state index contributed by atoms with van der Waals surface area (Å²) in [4.78, 5) is 4.81. The van der Waals surface area contributed by atoms with E-state index in [1.54, 1.807) is 0 Å². The molecule has 1 aromatic rings. The lowest BCUT2D eigenvalue weighted by Gasteiger charge is -2.20. The average molecular weight is 282 g/mol. The predicted octanol–water partition coefficient (Wildman–Crippen LogP) is 4.13. The summed E-state index contributed by atoms with van der Waals surface area (Å²) in [5.74, 6) is 1.13. The molecule has 2 heterocycles. The van der Waals surface area contributed by atoms with E-state index in [0.29, 0.717) is 6.04 Å². The highest BCUT2D eigenvalue weighted by Gasteiger charge is 2.19. The van der Waals surface area contributed by atoms with Gasteiger partial charge in [0, 0.05) is 16.4 Å². The highest BCUT2D eigenvalue weighted by Crippen LogP contribution is 2.32. The number of nitrogens with one attached hydrogen (secondary N) is 1. The number of hydrogen-bond donors (Lipinski definition) is 1. The van der Waals surface area contributed by atoms with Crippen LogP contribution in [0.25, 0.3) is 0 Å². The van der Waals surface area contributed by atoms with E-state index in [9.17, 15) is 0 Å². The molecule has 0 aromatic carbocycles. The molecular formula is C14H22N2S2. The van der Waals surface area contributed by atoms with E-state index in [0.717, 1.165) is 17.5 Å². The van der Waals surface area contributed by atoms with Crippen molar-refractivity contribution in [1.82, 2.24) is 10.3 Å². The van der Waals surface area contributed by atoms with Gasteiger partial charge in [-0.25, -0.2) is 4.98 Å². The topological polar surface area (TPSA) is 24.9 Å². The molecule has 2 nitrogen and oxygen atoms in total. The van der Waals surface area contributed by atoms with Crippen LogP contribution in [0.15, 0.2) is 5.38 Å². The van der Waals surface area contributed by atoms with Crippen molar-refractivity contribution in [3.8, 4) is 0 Å². The molecule has 1 atom stereocenters. The zero-order valence-corrected chi connectivity index (χ0v) is 12.5. The standard InChI is InChI=1S/C14H22N2S2/c1-2-5-11(6-3-1)17-10-14-16-13(9-18-14)12-7-4-8-15-12/h9,11-12,15H,1-8,10H2. The Bertz CT molecular complexity index is 366. The fourth-order valence-electron chi connectivity index (χ4n) is 2.91. The molecule has 1 unspecified atom stereocenters. The van der Waals surface area contributed by atoms with Gasteiger partial charge in [-0.05, 0) is 32.2 Å². The third-order valence-corrected chi connectivity index (χ3v) is 6.41. The summed E-state index contributed by atoms with van der Waals surface area (Å²) < 4.78 is 0. The van der Waals surface area contributed by atoms with E-state index >= 15 is 0 Å². The number of nitrogens with zero attached hydrogens (tertiary/aromatic N) is 1. The van der Waals surface area contributed by atoms with Crippen LogP contribution in [0.2, 0.25) is 0 Å². The Morgan fingerprint density at radius 1 is 1.22 bits per heavy atom. The van der Waals surface area contributed by atoms with Gasteiger partial charge >= 0.3 is 0 Å². The fourth-order valence-corrected chi connectivity index (χ4v) is 5.13. The number of rotatable bonds is 4. The lowest BCUT2D eigenvalue weighted by Crippen LogP contribution is -2.13. The Hall–Kier alpha value is -0.0600. The van der Waals surface area contributed by atoms with Crippen molar-refractivity contribution in [2.75, 3.05) is 6.54 Å². The van der Waals surface area contributed by atoms with Crippen molar-refractivity contribution in [2.24, 2.45) is 0 Å². The predicted molar refractivity (Wildman–Crippen MR) is 80.3 cm³/mol. The van der Waals surface area contributed by atoms with Gasteiger partial charge < -0.3 is 5.32 Å². The van der Waals surface area contributed by atoms with Crippen LogP contribution >= 0.6 is 23.1 Å². The molecule has 4 heteroatoms. The van der Waals surface area contributed by atoms with Crippen molar-refractivity contribution in [3.63, 3.8) is 0 Å². The molecule has 1 aliphatic heterocycles. The zero-order valence-electron chi connectivity index (χ0n) is 10.9. The van der Waals surface area contributed by atoms with Gasteiger partial charge in [0.2, 0.25) is 0 Å². The fraction of sp³-hybridized carbons (Fsp3) is 0.786. The molecule has 1 saturated heterocycles. The second kappa shape index (κ2) is 6.40. The third kappa shape index (κ3) is 3.28. The van der Waals surface area contributed by atoms with Crippen LogP contribution in [0, 0.1) is 0 Å². The summed E-state index contributed by atoms with van der Waals surface area (Å²) in [6, 6.07) is 0.537. The molecule has 3 rings (SSSR count). The van der Waals surface area contributed by atoms with E-state index in [1.807, 2.05) is 11.3 Å². The molecule has 0 bridgehead atoms. The molecule has 2 fully saturated rings. The first kappa shape index (κ1) is 12.9. The highest BCUT2D eigenvalue weighted by molar-refractivity contribution is 7.99. The van der Waals surface area contributed by atoms with Gasteiger partial charge in [0.15, 0.2) is 0 Å². The highest BCUT2D eigenvalue weighted by atomic mass is 32.2. The number of thiazole rings is 1. The minimum Gasteiger partial charge on any atom is -0.309 e. The van der Waals surface area contributed by atoms with E-state index in [2.05, 4.69) is 22.5 Å². The molecule has 1 aliphatic carbocycles. The van der Waals surface area contributed by atoms with Crippen molar-refractivity contribution in [2.45, 2.75) is 62.0 Å². The Morgan fingerprint density at radius 2 is 2.11 bits per heavy atom. The van der Waals surface area contributed by atoms with Gasteiger partial charge in [0.25, 0.3) is 0 Å². The molecular weight excluding hydrogens is 260 g/mol. The Kier molecular flexibility index (Phi) is 4.60. The summed E-state index contributed by atoms with van der Waals surface area (Å²) in [5, 5.41) is 8.02. The van der Waals surface area contributed by atoms with Crippen molar-refractivity contribution in [3.05, 3.63) is 16.1 Å². The SMILES string of the molecule is c1sc(CSC2CCCCC2)nc1C1CCCN1. The normalized spacial score (nSPS) is 25.7. The van der Waals surface area contributed by atoms with Crippen LogP contribution < -0.4 is 5.32 Å². The largest absolute Gasteiger partial charge is 0.309 e. The molecule has 1 aromatic heterocycles. The Labute approximate surface area is 118 Å². The van der Waals surface area contributed by atoms with Crippen molar-refractivity contribution in [1.29, 1.82) is 0 Å². The van der Waals surface area contributed by atoms with Gasteiger partial charge in [-0.3, -0.25) is 0 Å². The Balaban J connectivity index is 1.50. The first-order valence-corrected chi connectivity index (χ1v) is 9.14. The summed E-state index contributed by atoms with van der Waals surface area (Å²) in [6.07, 6.45) is 9.73. The quantitative estimate of drug-likeness (QED) is 0.898. The lowest BCUT2D eigenvalue weighted by molar-refractivity contribution is 0.516. The zero-order chi connectivity index (χ0) is 12.2. The smallest absolute Gasteiger partial charge is 0.103 e. The Morgan fingerprint density at radius 3 is 2.89 bits per heavy atom. The van der Waals surface area contributed by atoms with Crippen LogP contribution in [-0.2, 0) is 5.75 Å².